The van der Waals surface area contributed by atoms with E-state index >= 15 is 0 Å². The van der Waals surface area contributed by atoms with E-state index in [1.54, 1.807) is 29.4 Å². The molecule has 2 heterocycles. The van der Waals surface area contributed by atoms with Gasteiger partial charge in [0.15, 0.2) is 0 Å². The van der Waals surface area contributed by atoms with E-state index in [0.717, 1.165) is 5.69 Å². The van der Waals surface area contributed by atoms with Crippen molar-refractivity contribution in [2.24, 2.45) is 5.73 Å². The van der Waals surface area contributed by atoms with Gasteiger partial charge in [-0.15, -0.1) is 11.3 Å². The number of thioether (sulfide) groups is 1. The number of nitrogens with zero attached hydrogens (tertiary/aromatic N) is 1. The summed E-state index contributed by atoms with van der Waals surface area (Å²) >= 11 is 3.34. The minimum atomic E-state index is 0.0598. The van der Waals surface area contributed by atoms with Gasteiger partial charge in [0.2, 0.25) is 0 Å². The first-order valence-corrected chi connectivity index (χ1v) is 7.22. The highest BCUT2D eigenvalue weighted by Crippen LogP contribution is 2.40. The molecule has 0 fully saturated rings. The summed E-state index contributed by atoms with van der Waals surface area (Å²) in [4.78, 5) is 5.62. The van der Waals surface area contributed by atoms with Gasteiger partial charge in [0, 0.05) is 10.9 Å². The number of aryl methyl sites for hydroxylation is 2. The molecule has 2 aromatic rings. The van der Waals surface area contributed by atoms with E-state index in [2.05, 4.69) is 23.4 Å². The quantitative estimate of drug-likeness (QED) is 0.862. The maximum absolute atomic E-state index is 6.07. The standard InChI is InChI=1S/C12H16N2OS2/c1-7-4-5-16-10(7)11(9(3)13)17-12-14-8(2)6-15-12/h4-6,9,11H,13H2,1-3H3. The van der Waals surface area contributed by atoms with E-state index in [1.165, 1.54) is 10.4 Å². The fourth-order valence-electron chi connectivity index (χ4n) is 1.57. The van der Waals surface area contributed by atoms with Crippen LogP contribution in [0, 0.1) is 13.8 Å². The summed E-state index contributed by atoms with van der Waals surface area (Å²) in [5.74, 6) is 0. The molecule has 2 unspecified atom stereocenters. The number of hydrogen-bond donors (Lipinski definition) is 1. The van der Waals surface area contributed by atoms with Crippen LogP contribution >= 0.6 is 23.1 Å². The van der Waals surface area contributed by atoms with Crippen LogP contribution < -0.4 is 5.73 Å². The van der Waals surface area contributed by atoms with Crippen molar-refractivity contribution in [3.63, 3.8) is 0 Å². The van der Waals surface area contributed by atoms with Crippen LogP contribution in [0.15, 0.2) is 27.3 Å². The zero-order chi connectivity index (χ0) is 12.4. The average Bonchev–Trinajstić information content (AvgIpc) is 2.84. The number of hydrogen-bond acceptors (Lipinski definition) is 5. The molecule has 0 amide bonds. The fraction of sp³-hybridized carbons (Fsp3) is 0.417. The molecule has 2 N–H and O–H groups in total. The third kappa shape index (κ3) is 2.91. The molecule has 0 aromatic carbocycles. The van der Waals surface area contributed by atoms with E-state index in [9.17, 15) is 0 Å². The van der Waals surface area contributed by atoms with E-state index in [0.29, 0.717) is 5.22 Å². The second-order valence-electron chi connectivity index (χ2n) is 4.12. The molecule has 3 nitrogen and oxygen atoms in total. The summed E-state index contributed by atoms with van der Waals surface area (Å²) in [5.41, 5.74) is 8.25. The number of oxazole rings is 1. The lowest BCUT2D eigenvalue weighted by molar-refractivity contribution is 0.452. The molecule has 0 spiro atoms. The Hall–Kier alpha value is -0.780. The minimum absolute atomic E-state index is 0.0598. The Morgan fingerprint density at radius 1 is 1.47 bits per heavy atom. The van der Waals surface area contributed by atoms with E-state index in [1.807, 2.05) is 13.8 Å². The van der Waals surface area contributed by atoms with Crippen LogP contribution in [-0.2, 0) is 0 Å². The maximum atomic E-state index is 6.07. The predicted molar refractivity (Wildman–Crippen MR) is 72.5 cm³/mol. The van der Waals surface area contributed by atoms with Gasteiger partial charge in [-0.1, -0.05) is 11.8 Å². The summed E-state index contributed by atoms with van der Waals surface area (Å²) in [5, 5.41) is 2.99. The summed E-state index contributed by atoms with van der Waals surface area (Å²) in [6.45, 7) is 6.06. The van der Waals surface area contributed by atoms with Crippen molar-refractivity contribution < 1.29 is 4.42 Å². The van der Waals surface area contributed by atoms with Gasteiger partial charge in [-0.25, -0.2) is 4.98 Å². The fourth-order valence-corrected chi connectivity index (χ4v) is 3.93. The van der Waals surface area contributed by atoms with Crippen LogP contribution in [-0.4, -0.2) is 11.0 Å². The van der Waals surface area contributed by atoms with Crippen molar-refractivity contribution in [1.29, 1.82) is 0 Å². The van der Waals surface area contributed by atoms with Gasteiger partial charge >= 0.3 is 0 Å². The highest BCUT2D eigenvalue weighted by atomic mass is 32.2. The first-order chi connectivity index (χ1) is 8.08. The SMILES string of the molecule is Cc1coc(SC(c2sccc2C)C(C)N)n1. The first-order valence-electron chi connectivity index (χ1n) is 5.46. The van der Waals surface area contributed by atoms with Crippen molar-refractivity contribution in [3.8, 4) is 0 Å². The number of thiophene rings is 1. The van der Waals surface area contributed by atoms with Crippen LogP contribution in [0.3, 0.4) is 0 Å². The van der Waals surface area contributed by atoms with Gasteiger partial charge in [0.25, 0.3) is 5.22 Å². The van der Waals surface area contributed by atoms with E-state index in [-0.39, 0.29) is 11.3 Å². The van der Waals surface area contributed by atoms with Gasteiger partial charge in [-0.2, -0.15) is 0 Å². The Kier molecular flexibility index (Phi) is 3.91. The molecule has 17 heavy (non-hydrogen) atoms. The van der Waals surface area contributed by atoms with Crippen molar-refractivity contribution in [3.05, 3.63) is 33.8 Å². The normalized spacial score (nSPS) is 14.8. The van der Waals surface area contributed by atoms with Crippen LogP contribution in [0.1, 0.15) is 28.3 Å². The van der Waals surface area contributed by atoms with Crippen molar-refractivity contribution in [1.82, 2.24) is 4.98 Å². The summed E-state index contributed by atoms with van der Waals surface area (Å²) in [7, 11) is 0. The molecular weight excluding hydrogens is 252 g/mol. The Morgan fingerprint density at radius 2 is 2.24 bits per heavy atom. The molecule has 0 aliphatic heterocycles. The molecule has 2 aromatic heterocycles. The molecule has 0 radical (unpaired) electrons. The number of rotatable bonds is 4. The molecule has 2 rings (SSSR count). The average molecular weight is 268 g/mol. The second-order valence-corrected chi connectivity index (χ2v) is 6.16. The Balaban J connectivity index is 2.22. The molecule has 92 valence electrons. The van der Waals surface area contributed by atoms with Crippen molar-refractivity contribution in [2.75, 3.05) is 0 Å². The van der Waals surface area contributed by atoms with Crippen molar-refractivity contribution >= 4 is 23.1 Å². The largest absolute Gasteiger partial charge is 0.440 e. The number of nitrogens with two attached hydrogens (primary N) is 1. The molecule has 0 saturated carbocycles. The summed E-state index contributed by atoms with van der Waals surface area (Å²) in [6.07, 6.45) is 1.67. The second kappa shape index (κ2) is 5.25. The molecule has 0 aliphatic rings. The molecule has 0 bridgehead atoms. The van der Waals surface area contributed by atoms with E-state index in [4.69, 9.17) is 10.2 Å². The monoisotopic (exact) mass is 268 g/mol. The molecule has 2 atom stereocenters. The number of aromatic nitrogens is 1. The topological polar surface area (TPSA) is 52.0 Å². The van der Waals surface area contributed by atoms with Gasteiger partial charge in [-0.05, 0) is 37.8 Å². The highest BCUT2D eigenvalue weighted by molar-refractivity contribution is 7.99. The van der Waals surface area contributed by atoms with Gasteiger partial charge in [0.1, 0.15) is 6.26 Å². The van der Waals surface area contributed by atoms with Crippen LogP contribution in [0.2, 0.25) is 0 Å². The molecule has 5 heteroatoms. The Labute approximate surface area is 109 Å². The smallest absolute Gasteiger partial charge is 0.256 e. The lowest BCUT2D eigenvalue weighted by Crippen LogP contribution is -2.22. The van der Waals surface area contributed by atoms with Crippen molar-refractivity contribution in [2.45, 2.75) is 37.3 Å². The third-order valence-electron chi connectivity index (χ3n) is 2.46. The Morgan fingerprint density at radius 3 is 2.71 bits per heavy atom. The van der Waals surface area contributed by atoms with Gasteiger partial charge in [0.05, 0.1) is 10.9 Å². The Bertz CT molecular complexity index is 490. The lowest BCUT2D eigenvalue weighted by Gasteiger charge is -2.18. The molecule has 0 saturated heterocycles. The molecular formula is C12H16N2OS2. The van der Waals surface area contributed by atoms with Crippen LogP contribution in [0.5, 0.6) is 0 Å². The molecule has 0 aliphatic carbocycles. The minimum Gasteiger partial charge on any atom is -0.440 e. The zero-order valence-corrected chi connectivity index (χ0v) is 11.8. The van der Waals surface area contributed by atoms with E-state index < -0.39 is 0 Å². The third-order valence-corrected chi connectivity index (χ3v) is 5.02. The first kappa shape index (κ1) is 12.7. The van der Waals surface area contributed by atoms with Gasteiger partial charge in [-0.3, -0.25) is 0 Å². The van der Waals surface area contributed by atoms with Crippen LogP contribution in [0.25, 0.3) is 0 Å². The lowest BCUT2D eigenvalue weighted by atomic mass is 10.1. The highest BCUT2D eigenvalue weighted by Gasteiger charge is 2.22. The maximum Gasteiger partial charge on any atom is 0.256 e. The van der Waals surface area contributed by atoms with Gasteiger partial charge < -0.3 is 10.2 Å². The summed E-state index contributed by atoms with van der Waals surface area (Å²) < 4.78 is 5.38. The predicted octanol–water partition coefficient (Wildman–Crippen LogP) is 3.53. The summed E-state index contributed by atoms with van der Waals surface area (Å²) in [6, 6.07) is 2.18. The zero-order valence-electron chi connectivity index (χ0n) is 10.1. The van der Waals surface area contributed by atoms with Crippen LogP contribution in [0.4, 0.5) is 0 Å².